The van der Waals surface area contributed by atoms with E-state index < -0.39 is 5.97 Å². The van der Waals surface area contributed by atoms with E-state index in [0.29, 0.717) is 17.0 Å². The fraction of sp³-hybridized carbons (Fsp3) is 0.414. The second-order valence-electron chi connectivity index (χ2n) is 10.5. The van der Waals surface area contributed by atoms with Gasteiger partial charge in [0.25, 0.3) is 0 Å². The average molecular weight is 444 g/mol. The lowest BCUT2D eigenvalue weighted by molar-refractivity contribution is 0.0474. The Morgan fingerprint density at radius 2 is 1.73 bits per heavy atom. The van der Waals surface area contributed by atoms with Gasteiger partial charge >= 0.3 is 5.97 Å². The van der Waals surface area contributed by atoms with Crippen molar-refractivity contribution in [3.05, 3.63) is 75.5 Å². The van der Waals surface area contributed by atoms with Gasteiger partial charge in [-0.2, -0.15) is 0 Å². The van der Waals surface area contributed by atoms with Crippen LogP contribution in [0.15, 0.2) is 36.4 Å². The van der Waals surface area contributed by atoms with Crippen LogP contribution in [0.3, 0.4) is 0 Å². The number of para-hydroxylation sites is 1. The van der Waals surface area contributed by atoms with Gasteiger partial charge in [0.1, 0.15) is 0 Å². The van der Waals surface area contributed by atoms with Gasteiger partial charge in [0, 0.05) is 16.6 Å². The third-order valence-corrected chi connectivity index (χ3v) is 7.16. The minimum atomic E-state index is -0.436. The molecule has 4 heteroatoms. The summed E-state index contributed by atoms with van der Waals surface area (Å²) in [5, 5.41) is 0.797. The molecule has 0 spiro atoms. The molecular formula is C29H33NO3. The van der Waals surface area contributed by atoms with E-state index in [2.05, 4.69) is 20.8 Å². The van der Waals surface area contributed by atoms with Crippen molar-refractivity contribution in [3.8, 4) is 0 Å². The smallest absolute Gasteiger partial charge is 0.339 e. The predicted molar refractivity (Wildman–Crippen MR) is 132 cm³/mol. The van der Waals surface area contributed by atoms with Crippen LogP contribution in [-0.4, -0.2) is 23.3 Å². The summed E-state index contributed by atoms with van der Waals surface area (Å²) >= 11 is 0. The second kappa shape index (κ2) is 8.74. The third-order valence-electron chi connectivity index (χ3n) is 7.16. The zero-order valence-corrected chi connectivity index (χ0v) is 20.5. The Hall–Kier alpha value is -3.01. The molecule has 1 atom stereocenters. The fourth-order valence-corrected chi connectivity index (χ4v) is 4.90. The van der Waals surface area contributed by atoms with E-state index in [1.54, 1.807) is 0 Å². The van der Waals surface area contributed by atoms with E-state index in [0.717, 1.165) is 58.1 Å². The summed E-state index contributed by atoms with van der Waals surface area (Å²) in [7, 11) is 0. The number of carbonyl (C=O) groups is 2. The number of aromatic nitrogens is 1. The molecule has 1 aromatic heterocycles. The molecule has 0 saturated heterocycles. The lowest BCUT2D eigenvalue weighted by Gasteiger charge is -2.35. The number of benzene rings is 2. The summed E-state index contributed by atoms with van der Waals surface area (Å²) in [5.41, 5.74) is 7.20. The van der Waals surface area contributed by atoms with Crippen molar-refractivity contribution in [2.24, 2.45) is 11.3 Å². The molecule has 33 heavy (non-hydrogen) atoms. The first-order valence-electron chi connectivity index (χ1n) is 11.7. The summed E-state index contributed by atoms with van der Waals surface area (Å²) in [6.45, 7) is 12.4. The topological polar surface area (TPSA) is 56.3 Å². The highest BCUT2D eigenvalue weighted by Gasteiger charge is 2.33. The van der Waals surface area contributed by atoms with Crippen molar-refractivity contribution in [3.63, 3.8) is 0 Å². The normalized spacial score (nSPS) is 15.9. The Balaban J connectivity index is 1.67. The molecule has 1 unspecified atom stereocenters. The maximum atomic E-state index is 13.4. The highest BCUT2D eigenvalue weighted by atomic mass is 16.5. The Kier molecular flexibility index (Phi) is 6.13. The van der Waals surface area contributed by atoms with Crippen LogP contribution in [0.4, 0.5) is 0 Å². The molecule has 0 saturated carbocycles. The van der Waals surface area contributed by atoms with Crippen molar-refractivity contribution in [1.82, 2.24) is 4.98 Å². The molecule has 0 N–H and O–H groups in total. The van der Waals surface area contributed by atoms with Gasteiger partial charge in [-0.05, 0) is 85.8 Å². The molecule has 0 aliphatic heterocycles. The molecule has 0 fully saturated rings. The SMILES string of the molecule is Cc1cc(C)c(C(=O)COC(=O)c2c3c(nc4ccccc24)CCC(C(C)(C)C)C3)cc1C. The summed E-state index contributed by atoms with van der Waals surface area (Å²) in [5.74, 6) is -0.155. The van der Waals surface area contributed by atoms with Gasteiger partial charge in [-0.25, -0.2) is 4.79 Å². The van der Waals surface area contributed by atoms with Crippen LogP contribution in [-0.2, 0) is 17.6 Å². The molecule has 1 heterocycles. The van der Waals surface area contributed by atoms with Gasteiger partial charge in [-0.1, -0.05) is 45.0 Å². The monoisotopic (exact) mass is 443 g/mol. The summed E-state index contributed by atoms with van der Waals surface area (Å²) in [4.78, 5) is 31.2. The lowest BCUT2D eigenvalue weighted by atomic mass is 9.70. The Bertz CT molecular complexity index is 1250. The van der Waals surface area contributed by atoms with Crippen LogP contribution < -0.4 is 0 Å². The number of esters is 1. The standard InChI is InChI=1S/C29H33NO3/c1-17-13-19(3)22(14-18(17)2)26(31)16-33-28(32)27-21-9-7-8-10-24(21)30-25-12-11-20(15-23(25)27)29(4,5)6/h7-10,13-14,20H,11-12,15-16H2,1-6H3. The summed E-state index contributed by atoms with van der Waals surface area (Å²) < 4.78 is 5.65. The molecule has 3 aromatic rings. The molecule has 172 valence electrons. The van der Waals surface area contributed by atoms with E-state index in [4.69, 9.17) is 9.72 Å². The van der Waals surface area contributed by atoms with Gasteiger partial charge in [-0.3, -0.25) is 9.78 Å². The number of ketones is 1. The number of rotatable bonds is 4. The van der Waals surface area contributed by atoms with E-state index in [1.807, 2.05) is 57.2 Å². The van der Waals surface area contributed by atoms with Gasteiger partial charge in [0.2, 0.25) is 5.78 Å². The first-order chi connectivity index (χ1) is 15.6. The second-order valence-corrected chi connectivity index (χ2v) is 10.5. The highest BCUT2D eigenvalue weighted by molar-refractivity contribution is 6.06. The zero-order chi connectivity index (χ0) is 23.9. The number of hydrogen-bond donors (Lipinski definition) is 0. The van der Waals surface area contributed by atoms with Crippen LogP contribution in [0.25, 0.3) is 10.9 Å². The fourth-order valence-electron chi connectivity index (χ4n) is 4.90. The number of fused-ring (bicyclic) bond motifs is 2. The molecule has 0 amide bonds. The number of pyridine rings is 1. The zero-order valence-electron chi connectivity index (χ0n) is 20.5. The Labute approximate surface area is 196 Å². The van der Waals surface area contributed by atoms with Crippen molar-refractivity contribution in [1.29, 1.82) is 0 Å². The maximum absolute atomic E-state index is 13.4. The third kappa shape index (κ3) is 4.57. The van der Waals surface area contributed by atoms with Crippen LogP contribution in [0.2, 0.25) is 0 Å². The number of Topliss-reactive ketones (excluding diaryl/α,β-unsaturated/α-hetero) is 1. The average Bonchev–Trinajstić information content (AvgIpc) is 2.77. The quantitative estimate of drug-likeness (QED) is 0.348. The van der Waals surface area contributed by atoms with Crippen LogP contribution >= 0.6 is 0 Å². The maximum Gasteiger partial charge on any atom is 0.339 e. The first-order valence-corrected chi connectivity index (χ1v) is 11.7. The van der Waals surface area contributed by atoms with Crippen LogP contribution in [0.1, 0.15) is 75.9 Å². The number of nitrogens with zero attached hydrogens (tertiary/aromatic N) is 1. The molecular weight excluding hydrogens is 410 g/mol. The van der Waals surface area contributed by atoms with E-state index >= 15 is 0 Å². The largest absolute Gasteiger partial charge is 0.454 e. The van der Waals surface area contributed by atoms with Gasteiger partial charge < -0.3 is 4.74 Å². The van der Waals surface area contributed by atoms with E-state index in [-0.39, 0.29) is 17.8 Å². The molecule has 0 bridgehead atoms. The highest BCUT2D eigenvalue weighted by Crippen LogP contribution is 2.39. The van der Waals surface area contributed by atoms with Gasteiger partial charge in [-0.15, -0.1) is 0 Å². The number of aryl methyl sites for hydroxylation is 4. The van der Waals surface area contributed by atoms with E-state index in [9.17, 15) is 9.59 Å². The van der Waals surface area contributed by atoms with Crippen LogP contribution in [0, 0.1) is 32.1 Å². The van der Waals surface area contributed by atoms with E-state index in [1.165, 1.54) is 0 Å². The van der Waals surface area contributed by atoms with Gasteiger partial charge in [0.15, 0.2) is 6.61 Å². The molecule has 0 radical (unpaired) electrons. The molecule has 2 aromatic carbocycles. The van der Waals surface area contributed by atoms with Crippen LogP contribution in [0.5, 0.6) is 0 Å². The molecule has 4 nitrogen and oxygen atoms in total. The van der Waals surface area contributed by atoms with Gasteiger partial charge in [0.05, 0.1) is 11.1 Å². The number of carbonyl (C=O) groups excluding carboxylic acids is 2. The van der Waals surface area contributed by atoms with Crippen molar-refractivity contribution in [2.75, 3.05) is 6.61 Å². The molecule has 4 rings (SSSR count). The molecule has 1 aliphatic carbocycles. The van der Waals surface area contributed by atoms with Crippen molar-refractivity contribution < 1.29 is 14.3 Å². The molecule has 1 aliphatic rings. The summed E-state index contributed by atoms with van der Waals surface area (Å²) in [6, 6.07) is 11.6. The predicted octanol–water partition coefficient (Wildman–Crippen LogP) is 6.35. The summed E-state index contributed by atoms with van der Waals surface area (Å²) in [6.07, 6.45) is 2.70. The minimum absolute atomic E-state index is 0.140. The number of ether oxygens (including phenoxy) is 1. The van der Waals surface area contributed by atoms with Crippen molar-refractivity contribution in [2.45, 2.75) is 60.8 Å². The first kappa shape index (κ1) is 23.2. The Morgan fingerprint density at radius 1 is 1.03 bits per heavy atom. The van der Waals surface area contributed by atoms with Crippen molar-refractivity contribution >= 4 is 22.7 Å². The number of hydrogen-bond acceptors (Lipinski definition) is 4. The lowest BCUT2D eigenvalue weighted by Crippen LogP contribution is -2.29. The Morgan fingerprint density at radius 3 is 2.45 bits per heavy atom. The minimum Gasteiger partial charge on any atom is -0.454 e.